The first-order chi connectivity index (χ1) is 17.0. The van der Waals surface area contributed by atoms with Gasteiger partial charge in [-0.3, -0.25) is 9.59 Å². The minimum absolute atomic E-state index is 0.140. The highest BCUT2D eigenvalue weighted by atomic mass is 127. The van der Waals surface area contributed by atoms with Crippen molar-refractivity contribution >= 4 is 49.9 Å². The predicted octanol–water partition coefficient (Wildman–Crippen LogP) is 5.69. The topological polar surface area (TPSA) is 92.3 Å². The van der Waals surface area contributed by atoms with Crippen molar-refractivity contribution in [1.82, 2.24) is 5.32 Å². The molecule has 15 heteroatoms. The molecule has 0 heterocycles. The average molecular weight is 682 g/mol. The van der Waals surface area contributed by atoms with Crippen LogP contribution in [0.1, 0.15) is 45.7 Å². The second-order valence-electron chi connectivity index (χ2n) is 9.21. The van der Waals surface area contributed by atoms with Gasteiger partial charge in [0, 0.05) is 26.6 Å². The predicted molar refractivity (Wildman–Crippen MR) is 134 cm³/mol. The molecule has 0 aliphatic carbocycles. The van der Waals surface area contributed by atoms with Crippen LogP contribution in [0.25, 0.3) is 0 Å². The number of aryl methyl sites for hydroxylation is 1. The number of carbonyl (C=O) groups is 2. The number of carbonyl (C=O) groups excluding carboxylic acids is 2. The summed E-state index contributed by atoms with van der Waals surface area (Å²) in [6.45, 7) is 3.99. The summed E-state index contributed by atoms with van der Waals surface area (Å²) >= 11 is 1.77. The lowest BCUT2D eigenvalue weighted by molar-refractivity contribution is -0.348. The van der Waals surface area contributed by atoms with E-state index in [-0.39, 0.29) is 28.4 Å². The highest BCUT2D eigenvalue weighted by Crippen LogP contribution is 2.53. The Morgan fingerprint density at radius 3 is 1.95 bits per heavy atom. The number of hydrogen-bond donors (Lipinski definition) is 2. The van der Waals surface area contributed by atoms with Gasteiger partial charge in [-0.1, -0.05) is 18.2 Å². The number of alkyl halides is 7. The average Bonchev–Trinajstić information content (AvgIpc) is 2.70. The summed E-state index contributed by atoms with van der Waals surface area (Å²) in [7, 11) is -3.49. The summed E-state index contributed by atoms with van der Waals surface area (Å²) in [5, 5.41) is 4.84. The molecule has 0 unspecified atom stereocenters. The Bertz CT molecular complexity index is 1340. The third kappa shape index (κ3) is 6.95. The van der Waals surface area contributed by atoms with Crippen LogP contribution >= 0.6 is 22.6 Å². The lowest BCUT2D eigenvalue weighted by Gasteiger charge is -2.30. The molecule has 0 aliphatic rings. The SMILES string of the molecule is Cc1cc(C(F)(C(F)(F)F)C(F)(F)F)ccc1NC(=O)c1cccc(I)c1C(=O)NC(C)(C)CS(C)(=O)=O. The number of hydrogen-bond acceptors (Lipinski definition) is 4. The summed E-state index contributed by atoms with van der Waals surface area (Å²) in [6, 6.07) is 5.45. The van der Waals surface area contributed by atoms with Gasteiger partial charge >= 0.3 is 18.0 Å². The van der Waals surface area contributed by atoms with Gasteiger partial charge in [-0.2, -0.15) is 26.3 Å². The standard InChI is InChI=1S/C23H22F7IN2O4S/c1-12-10-13(21(24,22(25,26)27)23(28,29)30)8-9-16(12)32-18(34)14-6-5-7-15(31)17(14)19(35)33-20(2,3)11-38(4,36)37/h5-10H,11H2,1-4H3,(H,32,34)(H,33,35). The van der Waals surface area contributed by atoms with Gasteiger partial charge < -0.3 is 10.6 Å². The Morgan fingerprint density at radius 1 is 0.921 bits per heavy atom. The Kier molecular flexibility index (Phi) is 8.88. The molecule has 6 nitrogen and oxygen atoms in total. The Hall–Kier alpha value is -2.43. The van der Waals surface area contributed by atoms with Gasteiger partial charge in [0.2, 0.25) is 0 Å². The fraction of sp³-hybridized carbons (Fsp3) is 0.391. The Balaban J connectivity index is 2.43. The van der Waals surface area contributed by atoms with E-state index in [1.807, 2.05) is 0 Å². The molecule has 0 aromatic heterocycles. The summed E-state index contributed by atoms with van der Waals surface area (Å²) < 4.78 is 117. The highest BCUT2D eigenvalue weighted by Gasteiger charge is 2.73. The maximum absolute atomic E-state index is 14.4. The van der Waals surface area contributed by atoms with Crippen molar-refractivity contribution in [1.29, 1.82) is 0 Å². The first-order valence-electron chi connectivity index (χ1n) is 10.5. The monoisotopic (exact) mass is 682 g/mol. The smallest absolute Gasteiger partial charge is 0.346 e. The first kappa shape index (κ1) is 31.8. The molecule has 0 saturated heterocycles. The minimum atomic E-state index is -6.30. The number of amides is 2. The van der Waals surface area contributed by atoms with Crippen molar-refractivity contribution in [3.8, 4) is 0 Å². The second kappa shape index (κ2) is 10.6. The van der Waals surface area contributed by atoms with Gasteiger partial charge in [0.1, 0.15) is 9.84 Å². The molecule has 0 atom stereocenters. The van der Waals surface area contributed by atoms with Crippen molar-refractivity contribution in [2.45, 2.75) is 44.3 Å². The molecule has 0 bridgehead atoms. The van der Waals surface area contributed by atoms with E-state index in [2.05, 4.69) is 10.6 Å². The van der Waals surface area contributed by atoms with Crippen molar-refractivity contribution in [2.24, 2.45) is 0 Å². The van der Waals surface area contributed by atoms with Crippen molar-refractivity contribution in [3.63, 3.8) is 0 Å². The molecule has 0 radical (unpaired) electrons. The molecule has 210 valence electrons. The van der Waals surface area contributed by atoms with Crippen LogP contribution in [0, 0.1) is 10.5 Å². The van der Waals surface area contributed by atoms with E-state index < -0.39 is 56.5 Å². The zero-order valence-corrected chi connectivity index (χ0v) is 23.2. The molecular formula is C23H22F7IN2O4S. The van der Waals surface area contributed by atoms with Gasteiger partial charge in [0.05, 0.1) is 16.9 Å². The fourth-order valence-corrected chi connectivity index (χ4v) is 5.83. The number of rotatable bonds is 7. The molecule has 2 aromatic carbocycles. The molecule has 2 N–H and O–H groups in total. The van der Waals surface area contributed by atoms with Crippen LogP contribution in [-0.4, -0.2) is 50.1 Å². The van der Waals surface area contributed by atoms with Gasteiger partial charge in [0.25, 0.3) is 11.8 Å². The lowest BCUT2D eigenvalue weighted by atomic mass is 9.92. The largest absolute Gasteiger partial charge is 0.435 e. The number of nitrogens with one attached hydrogen (secondary N) is 2. The molecule has 2 amide bonds. The summed E-state index contributed by atoms with van der Waals surface area (Å²) in [6.07, 6.45) is -11.6. The molecule has 38 heavy (non-hydrogen) atoms. The van der Waals surface area contributed by atoms with E-state index in [1.165, 1.54) is 32.0 Å². The third-order valence-electron chi connectivity index (χ3n) is 5.21. The second-order valence-corrected chi connectivity index (χ2v) is 12.5. The van der Waals surface area contributed by atoms with Crippen molar-refractivity contribution < 1.29 is 48.7 Å². The molecule has 2 rings (SSSR count). The summed E-state index contributed by atoms with van der Waals surface area (Å²) in [5.74, 6) is -2.14. The van der Waals surface area contributed by atoms with Crippen LogP contribution in [0.3, 0.4) is 0 Å². The van der Waals surface area contributed by atoms with Gasteiger partial charge in [-0.05, 0) is 67.1 Å². The summed E-state index contributed by atoms with van der Waals surface area (Å²) in [4.78, 5) is 26.0. The highest BCUT2D eigenvalue weighted by molar-refractivity contribution is 14.1. The summed E-state index contributed by atoms with van der Waals surface area (Å²) in [5.41, 5.74) is -9.45. The number of anilines is 1. The lowest BCUT2D eigenvalue weighted by Crippen LogP contribution is -2.50. The number of sulfone groups is 1. The first-order valence-corrected chi connectivity index (χ1v) is 13.7. The Labute approximate surface area is 227 Å². The van der Waals surface area contributed by atoms with Crippen LogP contribution in [0.15, 0.2) is 36.4 Å². The van der Waals surface area contributed by atoms with Gasteiger partial charge in [-0.25, -0.2) is 12.8 Å². The van der Waals surface area contributed by atoms with Gasteiger partial charge in [0.15, 0.2) is 0 Å². The molecular weight excluding hydrogens is 660 g/mol. The third-order valence-corrected chi connectivity index (χ3v) is 7.36. The minimum Gasteiger partial charge on any atom is -0.346 e. The van der Waals surface area contributed by atoms with Gasteiger partial charge in [-0.15, -0.1) is 0 Å². The van der Waals surface area contributed by atoms with Crippen LogP contribution in [0.2, 0.25) is 0 Å². The number of benzene rings is 2. The van der Waals surface area contributed by atoms with Crippen LogP contribution in [0.4, 0.5) is 36.4 Å². The van der Waals surface area contributed by atoms with E-state index >= 15 is 0 Å². The van der Waals surface area contributed by atoms with E-state index in [0.29, 0.717) is 15.7 Å². The molecule has 0 spiro atoms. The molecule has 0 aliphatic heterocycles. The zero-order valence-electron chi connectivity index (χ0n) is 20.2. The quantitative estimate of drug-likeness (QED) is 0.290. The van der Waals surface area contributed by atoms with Crippen molar-refractivity contribution in [2.75, 3.05) is 17.3 Å². The Morgan fingerprint density at radius 2 is 1.47 bits per heavy atom. The fourth-order valence-electron chi connectivity index (χ4n) is 3.70. The van der Waals surface area contributed by atoms with E-state index in [1.54, 1.807) is 22.6 Å². The van der Waals surface area contributed by atoms with E-state index in [9.17, 15) is 48.7 Å². The normalized spacial score (nSPS) is 13.3. The zero-order chi connectivity index (χ0) is 29.5. The van der Waals surface area contributed by atoms with E-state index in [4.69, 9.17) is 0 Å². The van der Waals surface area contributed by atoms with E-state index in [0.717, 1.165) is 13.2 Å². The molecule has 0 fully saturated rings. The molecule has 2 aromatic rings. The van der Waals surface area contributed by atoms with Crippen LogP contribution in [0.5, 0.6) is 0 Å². The number of halogens is 8. The maximum Gasteiger partial charge on any atom is 0.435 e. The van der Waals surface area contributed by atoms with Crippen LogP contribution < -0.4 is 10.6 Å². The molecule has 0 saturated carbocycles. The maximum atomic E-state index is 14.4. The van der Waals surface area contributed by atoms with Crippen molar-refractivity contribution in [3.05, 3.63) is 62.2 Å². The van der Waals surface area contributed by atoms with Crippen LogP contribution in [-0.2, 0) is 15.5 Å².